The topological polar surface area (TPSA) is 23.6 Å². The van der Waals surface area contributed by atoms with Gasteiger partial charge in [-0.1, -0.05) is 48.5 Å². The van der Waals surface area contributed by atoms with Gasteiger partial charge in [0, 0.05) is 38.6 Å². The van der Waals surface area contributed by atoms with E-state index in [4.69, 9.17) is 0 Å². The molecule has 154 valence electrons. The van der Waals surface area contributed by atoms with Gasteiger partial charge >= 0.3 is 6.18 Å². The van der Waals surface area contributed by atoms with Crippen LogP contribution in [0.5, 0.6) is 0 Å². The summed E-state index contributed by atoms with van der Waals surface area (Å²) in [6.07, 6.45) is -2.99. The zero-order chi connectivity index (χ0) is 20.4. The first-order chi connectivity index (χ1) is 13.9. The monoisotopic (exact) mass is 402 g/mol. The summed E-state index contributed by atoms with van der Waals surface area (Å²) < 4.78 is 39.9. The van der Waals surface area contributed by atoms with Gasteiger partial charge in [0.05, 0.1) is 5.56 Å². The molecule has 1 saturated heterocycles. The minimum atomic E-state index is -4.38. The van der Waals surface area contributed by atoms with E-state index in [2.05, 4.69) is 17.0 Å². The normalized spacial score (nSPS) is 22.9. The fourth-order valence-corrected chi connectivity index (χ4v) is 4.32. The van der Waals surface area contributed by atoms with Gasteiger partial charge in [-0.3, -0.25) is 9.69 Å². The zero-order valence-corrected chi connectivity index (χ0v) is 16.2. The highest BCUT2D eigenvalue weighted by Crippen LogP contribution is 2.51. The minimum absolute atomic E-state index is 0.00791. The van der Waals surface area contributed by atoms with Crippen LogP contribution in [0.2, 0.25) is 0 Å². The van der Waals surface area contributed by atoms with Crippen molar-refractivity contribution in [1.29, 1.82) is 0 Å². The molecule has 2 aliphatic rings. The van der Waals surface area contributed by atoms with E-state index >= 15 is 0 Å². The number of carbonyl (C=O) groups excluding carboxylic acids is 1. The molecule has 1 aliphatic carbocycles. The summed E-state index contributed by atoms with van der Waals surface area (Å²) in [6.45, 7) is 3.87. The Bertz CT molecular complexity index is 853. The van der Waals surface area contributed by atoms with E-state index in [1.807, 2.05) is 23.1 Å². The second-order valence-corrected chi connectivity index (χ2v) is 7.97. The van der Waals surface area contributed by atoms with E-state index in [1.54, 1.807) is 6.07 Å². The minimum Gasteiger partial charge on any atom is -0.341 e. The second-order valence-electron chi connectivity index (χ2n) is 7.97. The molecule has 1 heterocycles. The average Bonchev–Trinajstić information content (AvgIpc) is 3.52. The smallest absolute Gasteiger partial charge is 0.341 e. The Morgan fingerprint density at radius 3 is 2.41 bits per heavy atom. The van der Waals surface area contributed by atoms with Crippen LogP contribution in [-0.4, -0.2) is 41.9 Å². The van der Waals surface area contributed by atoms with Gasteiger partial charge in [0.2, 0.25) is 5.91 Å². The highest BCUT2D eigenvalue weighted by Gasteiger charge is 2.49. The number of rotatable bonds is 4. The first kappa shape index (κ1) is 20.0. The van der Waals surface area contributed by atoms with Crippen LogP contribution >= 0.6 is 0 Å². The summed E-state index contributed by atoms with van der Waals surface area (Å²) in [5.74, 6) is -0.628. The molecular weight excluding hydrogens is 377 g/mol. The van der Waals surface area contributed by atoms with Gasteiger partial charge < -0.3 is 4.90 Å². The molecule has 2 aromatic carbocycles. The number of nitrogens with zero attached hydrogens (tertiary/aromatic N) is 2. The van der Waals surface area contributed by atoms with Crippen LogP contribution in [-0.2, 0) is 17.5 Å². The molecule has 2 aromatic rings. The molecule has 4 rings (SSSR count). The molecule has 0 aromatic heterocycles. The third-order valence-electron chi connectivity index (χ3n) is 5.92. The first-order valence-corrected chi connectivity index (χ1v) is 10.1. The Kier molecular flexibility index (Phi) is 5.63. The number of amides is 1. The van der Waals surface area contributed by atoms with Crippen LogP contribution in [0.15, 0.2) is 54.6 Å². The quantitative estimate of drug-likeness (QED) is 0.750. The van der Waals surface area contributed by atoms with Crippen LogP contribution < -0.4 is 0 Å². The zero-order valence-electron chi connectivity index (χ0n) is 16.2. The van der Waals surface area contributed by atoms with Crippen LogP contribution in [0, 0.1) is 5.92 Å². The van der Waals surface area contributed by atoms with Crippen LogP contribution in [0.3, 0.4) is 0 Å². The molecule has 6 heteroatoms. The molecule has 2 unspecified atom stereocenters. The van der Waals surface area contributed by atoms with Crippen LogP contribution in [0.4, 0.5) is 13.2 Å². The largest absolute Gasteiger partial charge is 0.416 e. The lowest BCUT2D eigenvalue weighted by molar-refractivity contribution is -0.138. The third-order valence-corrected chi connectivity index (χ3v) is 5.92. The van der Waals surface area contributed by atoms with Crippen molar-refractivity contribution in [3.05, 3.63) is 71.3 Å². The molecule has 2 atom stereocenters. The highest BCUT2D eigenvalue weighted by atomic mass is 19.4. The van der Waals surface area contributed by atoms with E-state index in [1.165, 1.54) is 17.7 Å². The molecule has 3 nitrogen and oxygen atoms in total. The average molecular weight is 402 g/mol. The van der Waals surface area contributed by atoms with Crippen molar-refractivity contribution in [2.24, 2.45) is 5.92 Å². The number of hydrogen-bond donors (Lipinski definition) is 0. The molecule has 2 fully saturated rings. The lowest BCUT2D eigenvalue weighted by atomic mass is 10.0. The highest BCUT2D eigenvalue weighted by molar-refractivity contribution is 5.83. The summed E-state index contributed by atoms with van der Waals surface area (Å²) in [4.78, 5) is 17.1. The fraction of sp³-hybridized carbons (Fsp3) is 0.435. The number of alkyl halides is 3. The fourth-order valence-electron chi connectivity index (χ4n) is 4.32. The lowest BCUT2D eigenvalue weighted by Crippen LogP contribution is -2.36. The van der Waals surface area contributed by atoms with Gasteiger partial charge in [-0.05, 0) is 36.0 Å². The van der Waals surface area contributed by atoms with E-state index in [9.17, 15) is 18.0 Å². The molecule has 0 bridgehead atoms. The Labute approximate surface area is 169 Å². The Morgan fingerprint density at radius 1 is 0.931 bits per heavy atom. The maximum atomic E-state index is 13.3. The van der Waals surface area contributed by atoms with Crippen molar-refractivity contribution in [1.82, 2.24) is 9.80 Å². The van der Waals surface area contributed by atoms with E-state index < -0.39 is 11.7 Å². The lowest BCUT2D eigenvalue weighted by Gasteiger charge is -2.22. The molecule has 0 N–H and O–H groups in total. The summed E-state index contributed by atoms with van der Waals surface area (Å²) in [6, 6.07) is 15.9. The number of benzene rings is 2. The molecule has 1 saturated carbocycles. The maximum absolute atomic E-state index is 13.3. The Balaban J connectivity index is 1.37. The molecule has 1 amide bonds. The van der Waals surface area contributed by atoms with Crippen molar-refractivity contribution in [2.45, 2.75) is 31.5 Å². The van der Waals surface area contributed by atoms with Crippen molar-refractivity contribution >= 4 is 5.91 Å². The number of carbonyl (C=O) groups is 1. The van der Waals surface area contributed by atoms with Gasteiger partial charge in [0.15, 0.2) is 0 Å². The summed E-state index contributed by atoms with van der Waals surface area (Å²) in [5.41, 5.74) is 0.905. The summed E-state index contributed by atoms with van der Waals surface area (Å²) in [7, 11) is 0. The van der Waals surface area contributed by atoms with Gasteiger partial charge in [0.25, 0.3) is 0 Å². The second kappa shape index (κ2) is 8.19. The number of halogens is 3. The van der Waals surface area contributed by atoms with Crippen molar-refractivity contribution < 1.29 is 18.0 Å². The molecular formula is C23H25F3N2O. The predicted molar refractivity (Wildman–Crippen MR) is 105 cm³/mol. The third kappa shape index (κ3) is 4.64. The van der Waals surface area contributed by atoms with E-state index in [-0.39, 0.29) is 23.3 Å². The van der Waals surface area contributed by atoms with Crippen molar-refractivity contribution in [3.8, 4) is 0 Å². The van der Waals surface area contributed by atoms with E-state index in [0.29, 0.717) is 19.5 Å². The standard InChI is InChI=1S/C23H25F3N2O/c24-23(25,26)21-10-5-4-9-18(21)19-15-20(19)22(29)28-12-6-11-27(13-14-28)16-17-7-2-1-3-8-17/h1-5,7-10,19-20H,6,11-16H2. The van der Waals surface area contributed by atoms with E-state index in [0.717, 1.165) is 32.1 Å². The predicted octanol–water partition coefficient (Wildman–Crippen LogP) is 4.54. The molecule has 1 aliphatic heterocycles. The maximum Gasteiger partial charge on any atom is 0.416 e. The Morgan fingerprint density at radius 2 is 1.66 bits per heavy atom. The summed E-state index contributed by atoms with van der Waals surface area (Å²) >= 11 is 0. The van der Waals surface area contributed by atoms with Gasteiger partial charge in [-0.25, -0.2) is 0 Å². The first-order valence-electron chi connectivity index (χ1n) is 10.1. The SMILES string of the molecule is O=C(C1CC1c1ccccc1C(F)(F)F)N1CCCN(Cc2ccccc2)CC1. The van der Waals surface area contributed by atoms with Crippen molar-refractivity contribution in [3.63, 3.8) is 0 Å². The molecule has 0 radical (unpaired) electrons. The van der Waals surface area contributed by atoms with Gasteiger partial charge in [0.1, 0.15) is 0 Å². The van der Waals surface area contributed by atoms with Crippen LogP contribution in [0.1, 0.15) is 35.4 Å². The molecule has 0 spiro atoms. The summed E-state index contributed by atoms with van der Waals surface area (Å²) in [5, 5.41) is 0. The molecule has 29 heavy (non-hydrogen) atoms. The van der Waals surface area contributed by atoms with Crippen LogP contribution in [0.25, 0.3) is 0 Å². The van der Waals surface area contributed by atoms with Gasteiger partial charge in [-0.2, -0.15) is 13.2 Å². The van der Waals surface area contributed by atoms with Gasteiger partial charge in [-0.15, -0.1) is 0 Å². The number of hydrogen-bond acceptors (Lipinski definition) is 2. The van der Waals surface area contributed by atoms with Crippen molar-refractivity contribution in [2.75, 3.05) is 26.2 Å². The Hall–Kier alpha value is -2.34.